The number of aromatic nitrogens is 2. The maximum atomic E-state index is 12.7. The summed E-state index contributed by atoms with van der Waals surface area (Å²) in [7, 11) is 0. The number of benzene rings is 1. The van der Waals surface area contributed by atoms with Crippen LogP contribution >= 0.6 is 15.9 Å². The van der Waals surface area contributed by atoms with Crippen LogP contribution in [0.3, 0.4) is 0 Å². The summed E-state index contributed by atoms with van der Waals surface area (Å²) in [5.41, 5.74) is 6.60. The van der Waals surface area contributed by atoms with Crippen molar-refractivity contribution in [3.05, 3.63) is 75.1 Å². The standard InChI is InChI=1S/C21H20BrN3O/c1-12-10-13(2)23-15(4)20(12)25-21(26)18-8-9-19(24-14(18)3)16-6-5-7-17(22)11-16/h5-11H,1-4H3,(H,25,26). The predicted molar refractivity (Wildman–Crippen MR) is 109 cm³/mol. The van der Waals surface area contributed by atoms with E-state index >= 15 is 0 Å². The van der Waals surface area contributed by atoms with Crippen LogP contribution in [0, 0.1) is 27.7 Å². The summed E-state index contributed by atoms with van der Waals surface area (Å²) in [5.74, 6) is -0.173. The number of anilines is 1. The van der Waals surface area contributed by atoms with Crippen molar-refractivity contribution in [3.8, 4) is 11.3 Å². The average Bonchev–Trinajstić information content (AvgIpc) is 2.57. The topological polar surface area (TPSA) is 54.9 Å². The normalized spacial score (nSPS) is 10.7. The highest BCUT2D eigenvalue weighted by Gasteiger charge is 2.15. The van der Waals surface area contributed by atoms with Gasteiger partial charge in [-0.1, -0.05) is 28.1 Å². The third-order valence-corrected chi connectivity index (χ3v) is 4.71. The van der Waals surface area contributed by atoms with Gasteiger partial charge in [0.05, 0.1) is 28.3 Å². The van der Waals surface area contributed by atoms with E-state index in [9.17, 15) is 4.79 Å². The Morgan fingerprint density at radius 2 is 1.73 bits per heavy atom. The van der Waals surface area contributed by atoms with Crippen LogP contribution in [0.15, 0.2) is 46.9 Å². The van der Waals surface area contributed by atoms with Gasteiger partial charge in [-0.3, -0.25) is 14.8 Å². The Bertz CT molecular complexity index is 975. The Morgan fingerprint density at radius 3 is 2.38 bits per heavy atom. The first-order valence-electron chi connectivity index (χ1n) is 8.35. The highest BCUT2D eigenvalue weighted by Crippen LogP contribution is 2.24. The number of carbonyl (C=O) groups excluding carboxylic acids is 1. The van der Waals surface area contributed by atoms with E-state index in [0.717, 1.165) is 38.4 Å². The second-order valence-electron chi connectivity index (χ2n) is 6.33. The van der Waals surface area contributed by atoms with Gasteiger partial charge in [0.1, 0.15) is 0 Å². The number of pyridine rings is 2. The van der Waals surface area contributed by atoms with Crippen molar-refractivity contribution >= 4 is 27.5 Å². The molecule has 0 saturated carbocycles. The minimum atomic E-state index is -0.173. The van der Waals surface area contributed by atoms with Gasteiger partial charge in [-0.2, -0.15) is 0 Å². The summed E-state index contributed by atoms with van der Waals surface area (Å²) in [4.78, 5) is 21.8. The lowest BCUT2D eigenvalue weighted by Crippen LogP contribution is -2.16. The molecule has 0 saturated heterocycles. The first kappa shape index (κ1) is 18.3. The third kappa shape index (κ3) is 3.83. The maximum Gasteiger partial charge on any atom is 0.257 e. The molecule has 4 nitrogen and oxygen atoms in total. The first-order valence-corrected chi connectivity index (χ1v) is 9.14. The molecule has 0 bridgehead atoms. The Labute approximate surface area is 161 Å². The number of aryl methyl sites for hydroxylation is 4. The van der Waals surface area contributed by atoms with E-state index in [1.54, 1.807) is 0 Å². The number of amides is 1. The molecule has 0 unspecified atom stereocenters. The monoisotopic (exact) mass is 409 g/mol. The van der Waals surface area contributed by atoms with Crippen LogP contribution in [0.2, 0.25) is 0 Å². The predicted octanol–water partition coefficient (Wildman–Crippen LogP) is 5.39. The maximum absolute atomic E-state index is 12.7. The SMILES string of the molecule is Cc1cc(C)c(NC(=O)c2ccc(-c3cccc(Br)c3)nc2C)c(C)n1. The average molecular weight is 410 g/mol. The van der Waals surface area contributed by atoms with Crippen LogP contribution in [0.25, 0.3) is 11.3 Å². The number of rotatable bonds is 3. The molecule has 2 aromatic heterocycles. The highest BCUT2D eigenvalue weighted by atomic mass is 79.9. The van der Waals surface area contributed by atoms with E-state index < -0.39 is 0 Å². The lowest BCUT2D eigenvalue weighted by molar-refractivity contribution is 0.102. The van der Waals surface area contributed by atoms with Gasteiger partial charge in [-0.25, -0.2) is 0 Å². The molecule has 26 heavy (non-hydrogen) atoms. The summed E-state index contributed by atoms with van der Waals surface area (Å²) in [6.45, 7) is 7.67. The molecule has 5 heteroatoms. The minimum Gasteiger partial charge on any atom is -0.320 e. The Kier molecular flexibility index (Phi) is 5.18. The molecule has 0 spiro atoms. The number of nitrogens with one attached hydrogen (secondary N) is 1. The van der Waals surface area contributed by atoms with E-state index in [-0.39, 0.29) is 5.91 Å². The molecule has 0 radical (unpaired) electrons. The molecule has 0 aliphatic rings. The fourth-order valence-electron chi connectivity index (χ4n) is 3.00. The van der Waals surface area contributed by atoms with Crippen molar-refractivity contribution in [2.45, 2.75) is 27.7 Å². The fraction of sp³-hybridized carbons (Fsp3) is 0.190. The van der Waals surface area contributed by atoms with Gasteiger partial charge in [0.25, 0.3) is 5.91 Å². The summed E-state index contributed by atoms with van der Waals surface area (Å²) >= 11 is 3.47. The van der Waals surface area contributed by atoms with Crippen LogP contribution in [-0.4, -0.2) is 15.9 Å². The molecule has 3 aromatic rings. The van der Waals surface area contributed by atoms with E-state index in [4.69, 9.17) is 0 Å². The van der Waals surface area contributed by atoms with Gasteiger partial charge < -0.3 is 5.32 Å². The lowest BCUT2D eigenvalue weighted by atomic mass is 10.1. The number of hydrogen-bond acceptors (Lipinski definition) is 3. The van der Waals surface area contributed by atoms with Crippen molar-refractivity contribution in [2.75, 3.05) is 5.32 Å². The van der Waals surface area contributed by atoms with Crippen molar-refractivity contribution in [2.24, 2.45) is 0 Å². The summed E-state index contributed by atoms with van der Waals surface area (Å²) in [6.07, 6.45) is 0. The molecule has 0 aliphatic heterocycles. The Morgan fingerprint density at radius 1 is 0.962 bits per heavy atom. The molecule has 0 atom stereocenters. The van der Waals surface area contributed by atoms with Gasteiger partial charge in [-0.05, 0) is 63.6 Å². The minimum absolute atomic E-state index is 0.173. The summed E-state index contributed by atoms with van der Waals surface area (Å²) in [6, 6.07) is 13.6. The lowest BCUT2D eigenvalue weighted by Gasteiger charge is -2.13. The molecule has 0 aliphatic carbocycles. The zero-order valence-corrected chi connectivity index (χ0v) is 16.8. The first-order chi connectivity index (χ1) is 12.3. The summed E-state index contributed by atoms with van der Waals surface area (Å²) in [5, 5.41) is 2.98. The zero-order chi connectivity index (χ0) is 18.8. The second kappa shape index (κ2) is 7.38. The number of hydrogen-bond donors (Lipinski definition) is 1. The largest absolute Gasteiger partial charge is 0.320 e. The highest BCUT2D eigenvalue weighted by molar-refractivity contribution is 9.10. The van der Waals surface area contributed by atoms with Crippen molar-refractivity contribution in [1.82, 2.24) is 9.97 Å². The molecule has 3 rings (SSSR count). The molecule has 1 amide bonds. The fourth-order valence-corrected chi connectivity index (χ4v) is 3.40. The second-order valence-corrected chi connectivity index (χ2v) is 7.25. The Hall–Kier alpha value is -2.53. The van der Waals surface area contributed by atoms with Crippen molar-refractivity contribution in [1.29, 1.82) is 0 Å². The molecular formula is C21H20BrN3O. The van der Waals surface area contributed by atoms with Gasteiger partial charge in [0, 0.05) is 15.7 Å². The molecule has 2 heterocycles. The van der Waals surface area contributed by atoms with Gasteiger partial charge in [0.15, 0.2) is 0 Å². The quantitative estimate of drug-likeness (QED) is 0.630. The molecule has 0 fully saturated rings. The van der Waals surface area contributed by atoms with Crippen molar-refractivity contribution < 1.29 is 4.79 Å². The van der Waals surface area contributed by atoms with Crippen LogP contribution in [0.5, 0.6) is 0 Å². The smallest absolute Gasteiger partial charge is 0.257 e. The van der Waals surface area contributed by atoms with Crippen molar-refractivity contribution in [3.63, 3.8) is 0 Å². The number of nitrogens with zero attached hydrogens (tertiary/aromatic N) is 2. The van der Waals surface area contributed by atoms with Gasteiger partial charge in [-0.15, -0.1) is 0 Å². The summed E-state index contributed by atoms with van der Waals surface area (Å²) < 4.78 is 0.995. The third-order valence-electron chi connectivity index (χ3n) is 4.21. The molecule has 1 aromatic carbocycles. The number of carbonyl (C=O) groups is 1. The Balaban J connectivity index is 1.89. The van der Waals surface area contributed by atoms with Gasteiger partial charge >= 0.3 is 0 Å². The van der Waals surface area contributed by atoms with Crippen LogP contribution in [0.1, 0.15) is 33.0 Å². The number of halogens is 1. The molecular weight excluding hydrogens is 390 g/mol. The van der Waals surface area contributed by atoms with E-state index in [1.165, 1.54) is 0 Å². The molecule has 1 N–H and O–H groups in total. The van der Waals surface area contributed by atoms with Crippen LogP contribution in [0.4, 0.5) is 5.69 Å². The van der Waals surface area contributed by atoms with Gasteiger partial charge in [0.2, 0.25) is 0 Å². The van der Waals surface area contributed by atoms with E-state index in [2.05, 4.69) is 31.2 Å². The zero-order valence-electron chi connectivity index (χ0n) is 15.2. The van der Waals surface area contributed by atoms with E-state index in [1.807, 2.05) is 70.2 Å². The van der Waals surface area contributed by atoms with Crippen LogP contribution in [-0.2, 0) is 0 Å². The van der Waals surface area contributed by atoms with E-state index in [0.29, 0.717) is 11.3 Å². The molecule has 132 valence electrons. The van der Waals surface area contributed by atoms with Crippen LogP contribution < -0.4 is 5.32 Å².